The van der Waals surface area contributed by atoms with Crippen LogP contribution in [0.25, 0.3) is 10.1 Å². The number of carbonyl (C=O) groups excluding carboxylic acids is 1. The second kappa shape index (κ2) is 8.11. The quantitative estimate of drug-likeness (QED) is 0.631. The third-order valence-electron chi connectivity index (χ3n) is 5.04. The summed E-state index contributed by atoms with van der Waals surface area (Å²) in [6, 6.07) is 19.4. The van der Waals surface area contributed by atoms with Crippen molar-refractivity contribution in [2.24, 2.45) is 0 Å². The summed E-state index contributed by atoms with van der Waals surface area (Å²) in [6.45, 7) is 3.56. The highest BCUT2D eigenvalue weighted by atomic mass is 32.1. The molecule has 140 valence electrons. The molecule has 1 aliphatic heterocycles. The molecule has 0 saturated carbocycles. The SMILES string of the molecule is C[C@@H](Cc1cc2ccccc2s1)NC(=O)NCC1Cc2ccccc2CN1. The van der Waals surface area contributed by atoms with Crippen molar-refractivity contribution in [1.82, 2.24) is 16.0 Å². The maximum Gasteiger partial charge on any atom is 0.315 e. The van der Waals surface area contributed by atoms with Crippen molar-refractivity contribution in [3.63, 3.8) is 0 Å². The topological polar surface area (TPSA) is 53.2 Å². The first kappa shape index (κ1) is 18.0. The third-order valence-corrected chi connectivity index (χ3v) is 6.17. The van der Waals surface area contributed by atoms with Crippen LogP contribution in [0.15, 0.2) is 54.6 Å². The Hall–Kier alpha value is -2.37. The van der Waals surface area contributed by atoms with E-state index in [1.165, 1.54) is 26.1 Å². The molecule has 3 aromatic rings. The molecule has 0 bridgehead atoms. The fourth-order valence-electron chi connectivity index (χ4n) is 3.65. The Kier molecular flexibility index (Phi) is 5.41. The van der Waals surface area contributed by atoms with E-state index in [1.54, 1.807) is 11.3 Å². The van der Waals surface area contributed by atoms with E-state index in [0.717, 1.165) is 19.4 Å². The van der Waals surface area contributed by atoms with E-state index in [2.05, 4.69) is 77.5 Å². The molecular formula is C22H25N3OS. The average Bonchev–Trinajstić information content (AvgIpc) is 3.08. The second-order valence-electron chi connectivity index (χ2n) is 7.26. The number of hydrogen-bond acceptors (Lipinski definition) is 3. The first-order chi connectivity index (χ1) is 13.2. The Labute approximate surface area is 164 Å². The summed E-state index contributed by atoms with van der Waals surface area (Å²) in [5, 5.41) is 10.9. The predicted octanol–water partition coefficient (Wildman–Crippen LogP) is 3.85. The lowest BCUT2D eigenvalue weighted by Crippen LogP contribution is -2.48. The Bertz CT molecular complexity index is 903. The molecule has 5 heteroatoms. The van der Waals surface area contributed by atoms with Crippen LogP contribution < -0.4 is 16.0 Å². The van der Waals surface area contributed by atoms with Crippen molar-refractivity contribution in [3.05, 3.63) is 70.6 Å². The van der Waals surface area contributed by atoms with Gasteiger partial charge in [-0.25, -0.2) is 4.79 Å². The molecule has 0 fully saturated rings. The Balaban J connectivity index is 1.24. The number of amides is 2. The fourth-order valence-corrected chi connectivity index (χ4v) is 4.84. The maximum absolute atomic E-state index is 12.3. The van der Waals surface area contributed by atoms with Gasteiger partial charge in [-0.15, -0.1) is 11.3 Å². The first-order valence-electron chi connectivity index (χ1n) is 9.49. The van der Waals surface area contributed by atoms with Crippen molar-refractivity contribution < 1.29 is 4.79 Å². The molecular weight excluding hydrogens is 354 g/mol. The summed E-state index contributed by atoms with van der Waals surface area (Å²) in [4.78, 5) is 13.6. The van der Waals surface area contributed by atoms with Crippen LogP contribution in [-0.2, 0) is 19.4 Å². The van der Waals surface area contributed by atoms with E-state index in [1.807, 2.05) is 0 Å². The Morgan fingerprint density at radius 2 is 1.96 bits per heavy atom. The van der Waals surface area contributed by atoms with Crippen LogP contribution in [0.3, 0.4) is 0 Å². The summed E-state index contributed by atoms with van der Waals surface area (Å²) in [5.74, 6) is 0. The number of hydrogen-bond donors (Lipinski definition) is 3. The molecule has 1 unspecified atom stereocenters. The summed E-state index contributed by atoms with van der Waals surface area (Å²) >= 11 is 1.80. The van der Waals surface area contributed by atoms with Crippen molar-refractivity contribution in [3.8, 4) is 0 Å². The van der Waals surface area contributed by atoms with Gasteiger partial charge in [-0.3, -0.25) is 0 Å². The molecule has 4 rings (SSSR count). The minimum Gasteiger partial charge on any atom is -0.337 e. The van der Waals surface area contributed by atoms with Gasteiger partial charge in [0.2, 0.25) is 0 Å². The number of nitrogens with one attached hydrogen (secondary N) is 3. The Morgan fingerprint density at radius 1 is 1.19 bits per heavy atom. The standard InChI is InChI=1S/C22H25N3OS/c1-15(10-20-12-17-7-4-5-9-21(17)27-20)25-22(26)24-14-19-11-16-6-2-3-8-18(16)13-23-19/h2-9,12,15,19,23H,10-11,13-14H2,1H3,(H2,24,25,26)/t15-,19?/m0/s1. The van der Waals surface area contributed by atoms with E-state index in [0.29, 0.717) is 6.54 Å². The lowest BCUT2D eigenvalue weighted by atomic mass is 9.96. The van der Waals surface area contributed by atoms with Crippen LogP contribution >= 0.6 is 11.3 Å². The fraction of sp³-hybridized carbons (Fsp3) is 0.318. The van der Waals surface area contributed by atoms with Gasteiger partial charge in [-0.2, -0.15) is 0 Å². The number of benzene rings is 2. The van der Waals surface area contributed by atoms with Crippen LogP contribution in [0.4, 0.5) is 4.79 Å². The predicted molar refractivity (Wildman–Crippen MR) is 112 cm³/mol. The molecule has 3 N–H and O–H groups in total. The summed E-state index contributed by atoms with van der Waals surface area (Å²) < 4.78 is 1.30. The van der Waals surface area contributed by atoms with E-state index in [4.69, 9.17) is 0 Å². The van der Waals surface area contributed by atoms with Crippen molar-refractivity contribution in [2.75, 3.05) is 6.54 Å². The number of rotatable bonds is 5. The highest BCUT2D eigenvalue weighted by Gasteiger charge is 2.18. The van der Waals surface area contributed by atoms with Crippen molar-refractivity contribution in [1.29, 1.82) is 0 Å². The smallest absolute Gasteiger partial charge is 0.315 e. The molecule has 4 nitrogen and oxygen atoms in total. The summed E-state index contributed by atoms with van der Waals surface area (Å²) in [6.07, 6.45) is 1.80. The van der Waals surface area contributed by atoms with Crippen LogP contribution in [0, 0.1) is 0 Å². The number of thiophene rings is 1. The largest absolute Gasteiger partial charge is 0.337 e. The lowest BCUT2D eigenvalue weighted by Gasteiger charge is -2.26. The Morgan fingerprint density at radius 3 is 2.81 bits per heavy atom. The lowest BCUT2D eigenvalue weighted by molar-refractivity contribution is 0.236. The van der Waals surface area contributed by atoms with Crippen LogP contribution in [0.1, 0.15) is 22.9 Å². The molecule has 0 saturated heterocycles. The molecule has 2 heterocycles. The van der Waals surface area contributed by atoms with Crippen LogP contribution in [0.5, 0.6) is 0 Å². The van der Waals surface area contributed by atoms with Gasteiger partial charge in [0.1, 0.15) is 0 Å². The zero-order valence-corrected chi connectivity index (χ0v) is 16.3. The van der Waals surface area contributed by atoms with Gasteiger partial charge in [0.05, 0.1) is 0 Å². The van der Waals surface area contributed by atoms with E-state index in [-0.39, 0.29) is 18.1 Å². The highest BCUT2D eigenvalue weighted by Crippen LogP contribution is 2.26. The summed E-state index contributed by atoms with van der Waals surface area (Å²) in [7, 11) is 0. The van der Waals surface area contributed by atoms with Crippen LogP contribution in [-0.4, -0.2) is 24.7 Å². The van der Waals surface area contributed by atoms with E-state index < -0.39 is 0 Å². The third kappa shape index (κ3) is 4.49. The molecule has 2 aromatic carbocycles. The van der Waals surface area contributed by atoms with Gasteiger partial charge in [-0.05, 0) is 42.0 Å². The zero-order valence-electron chi connectivity index (χ0n) is 15.5. The van der Waals surface area contributed by atoms with Gasteiger partial charge < -0.3 is 16.0 Å². The van der Waals surface area contributed by atoms with Gasteiger partial charge in [0.15, 0.2) is 0 Å². The van der Waals surface area contributed by atoms with E-state index in [9.17, 15) is 4.79 Å². The van der Waals surface area contributed by atoms with Crippen LogP contribution in [0.2, 0.25) is 0 Å². The van der Waals surface area contributed by atoms with Gasteiger partial charge in [-0.1, -0.05) is 42.5 Å². The molecule has 2 amide bonds. The van der Waals surface area contributed by atoms with Crippen molar-refractivity contribution >= 4 is 27.5 Å². The highest BCUT2D eigenvalue weighted by molar-refractivity contribution is 7.19. The first-order valence-corrected chi connectivity index (χ1v) is 10.3. The van der Waals surface area contributed by atoms with Gasteiger partial charge >= 0.3 is 6.03 Å². The molecule has 0 spiro atoms. The summed E-state index contributed by atoms with van der Waals surface area (Å²) in [5.41, 5.74) is 2.73. The van der Waals surface area contributed by atoms with Gasteiger partial charge in [0, 0.05) is 41.2 Å². The minimum atomic E-state index is -0.0933. The number of carbonyl (C=O) groups is 1. The van der Waals surface area contributed by atoms with Gasteiger partial charge in [0.25, 0.3) is 0 Å². The number of urea groups is 1. The second-order valence-corrected chi connectivity index (χ2v) is 8.43. The molecule has 0 aliphatic carbocycles. The molecule has 1 aliphatic rings. The molecule has 27 heavy (non-hydrogen) atoms. The maximum atomic E-state index is 12.3. The zero-order chi connectivity index (χ0) is 18.6. The average molecular weight is 380 g/mol. The monoisotopic (exact) mass is 379 g/mol. The number of fused-ring (bicyclic) bond motifs is 2. The molecule has 2 atom stereocenters. The molecule has 1 aromatic heterocycles. The minimum absolute atomic E-state index is 0.0933. The van der Waals surface area contributed by atoms with E-state index >= 15 is 0 Å². The van der Waals surface area contributed by atoms with Crippen molar-refractivity contribution in [2.45, 2.75) is 38.4 Å². The normalized spacial score (nSPS) is 17.3. The molecule has 0 radical (unpaired) electrons.